The van der Waals surface area contributed by atoms with Crippen molar-refractivity contribution in [3.05, 3.63) is 0 Å². The number of piperidine rings is 1. The number of nitrogens with one attached hydrogen (secondary N) is 1. The van der Waals surface area contributed by atoms with Crippen LogP contribution in [0.1, 0.15) is 19.3 Å². The van der Waals surface area contributed by atoms with Gasteiger partial charge in [0.15, 0.2) is 0 Å². The minimum absolute atomic E-state index is 0.832. The van der Waals surface area contributed by atoms with E-state index in [2.05, 4.69) is 17.3 Å². The van der Waals surface area contributed by atoms with Crippen molar-refractivity contribution in [3.63, 3.8) is 0 Å². The van der Waals surface area contributed by atoms with E-state index in [0.717, 1.165) is 24.2 Å². The Morgan fingerprint density at radius 2 is 2.00 bits per heavy atom. The maximum atomic E-state index is 3.39. The molecule has 0 aromatic carbocycles. The van der Waals surface area contributed by atoms with E-state index in [1.807, 2.05) is 0 Å². The highest BCUT2D eigenvalue weighted by atomic mass is 15.4. The molecule has 3 fully saturated rings. The normalized spacial score (nSPS) is 62.7. The Balaban J connectivity index is 1.76. The minimum atomic E-state index is 0.832. The Bertz CT molecular complexity index is 161. The number of rotatable bonds is 1. The van der Waals surface area contributed by atoms with Crippen LogP contribution in [-0.2, 0) is 0 Å². The molecule has 0 aromatic heterocycles. The molecule has 3 heterocycles. The highest BCUT2D eigenvalue weighted by Gasteiger charge is 2.63. The van der Waals surface area contributed by atoms with Crippen LogP contribution < -0.4 is 5.32 Å². The molecule has 5 unspecified atom stereocenters. The van der Waals surface area contributed by atoms with Gasteiger partial charge in [0.1, 0.15) is 0 Å². The summed E-state index contributed by atoms with van der Waals surface area (Å²) in [7, 11) is 2.10. The van der Waals surface area contributed by atoms with Gasteiger partial charge in [0.2, 0.25) is 0 Å². The summed E-state index contributed by atoms with van der Waals surface area (Å²) in [6.45, 7) is 0. The van der Waals surface area contributed by atoms with Crippen LogP contribution in [-0.4, -0.2) is 36.1 Å². The van der Waals surface area contributed by atoms with Gasteiger partial charge in [-0.2, -0.15) is 0 Å². The summed E-state index contributed by atoms with van der Waals surface area (Å²) in [5, 5.41) is 3.39. The molecule has 3 rings (SSSR count). The predicted octanol–water partition coefficient (Wildman–Crippen LogP) is 0.193. The van der Waals surface area contributed by atoms with Crippen molar-refractivity contribution in [2.24, 2.45) is 0 Å². The van der Waals surface area contributed by atoms with Gasteiger partial charge in [-0.1, -0.05) is 0 Å². The molecule has 0 amide bonds. The molecule has 2 heteroatoms. The molecule has 10 heavy (non-hydrogen) atoms. The summed E-state index contributed by atoms with van der Waals surface area (Å²) in [5.74, 6) is 0. The second kappa shape index (κ2) is 1.56. The van der Waals surface area contributed by atoms with Crippen LogP contribution in [0.3, 0.4) is 0 Å². The van der Waals surface area contributed by atoms with Gasteiger partial charge in [0.25, 0.3) is 0 Å². The molecule has 0 aromatic rings. The summed E-state index contributed by atoms with van der Waals surface area (Å²) in [6.07, 6.45) is 4.32. The van der Waals surface area contributed by atoms with Crippen LogP contribution in [0.25, 0.3) is 0 Å². The molecule has 3 aliphatic heterocycles. The van der Waals surface area contributed by atoms with Crippen molar-refractivity contribution >= 4 is 0 Å². The molecular formula is C8H14N2. The van der Waals surface area contributed by atoms with Crippen molar-refractivity contribution in [1.82, 2.24) is 10.2 Å². The Hall–Kier alpha value is -0.0800. The van der Waals surface area contributed by atoms with Gasteiger partial charge in [0, 0.05) is 24.2 Å². The summed E-state index contributed by atoms with van der Waals surface area (Å²) in [4.78, 5) is 2.69. The van der Waals surface area contributed by atoms with Crippen molar-refractivity contribution < 1.29 is 0 Å². The molecule has 5 atom stereocenters. The lowest BCUT2D eigenvalue weighted by molar-refractivity contribution is 0.182. The first-order valence-electron chi connectivity index (χ1n) is 4.35. The van der Waals surface area contributed by atoms with E-state index < -0.39 is 0 Å². The van der Waals surface area contributed by atoms with Crippen LogP contribution in [0, 0.1) is 0 Å². The molecule has 3 saturated heterocycles. The second-order valence-corrected chi connectivity index (χ2v) is 3.93. The molecule has 1 N–H and O–H groups in total. The maximum absolute atomic E-state index is 3.39. The average Bonchev–Trinajstić information content (AvgIpc) is 2.54. The fourth-order valence-corrected chi connectivity index (χ4v) is 2.89. The fourth-order valence-electron chi connectivity index (χ4n) is 2.89. The first-order valence-corrected chi connectivity index (χ1v) is 4.35. The third kappa shape index (κ3) is 0.487. The smallest absolute Gasteiger partial charge is 0.0273 e. The average molecular weight is 138 g/mol. The Kier molecular flexibility index (Phi) is 0.868. The van der Waals surface area contributed by atoms with E-state index >= 15 is 0 Å². The van der Waals surface area contributed by atoms with Gasteiger partial charge < -0.3 is 5.32 Å². The number of nitrogens with zero attached hydrogens (tertiary/aromatic N) is 1. The van der Waals surface area contributed by atoms with Gasteiger partial charge in [-0.25, -0.2) is 0 Å². The summed E-state index contributed by atoms with van der Waals surface area (Å²) in [6, 6.07) is 3.83. The molecule has 2 nitrogen and oxygen atoms in total. The molecule has 0 spiro atoms. The Morgan fingerprint density at radius 3 is 2.70 bits per heavy atom. The highest BCUT2D eigenvalue weighted by molar-refractivity contribution is 5.20. The zero-order valence-corrected chi connectivity index (χ0v) is 6.38. The van der Waals surface area contributed by atoms with Crippen molar-refractivity contribution in [2.75, 3.05) is 7.05 Å². The molecule has 0 saturated carbocycles. The van der Waals surface area contributed by atoms with E-state index in [1.54, 1.807) is 0 Å². The van der Waals surface area contributed by atoms with E-state index in [4.69, 9.17) is 0 Å². The zero-order chi connectivity index (χ0) is 6.72. The van der Waals surface area contributed by atoms with E-state index in [0.29, 0.717) is 0 Å². The Labute approximate surface area is 61.6 Å². The lowest BCUT2D eigenvalue weighted by atomic mass is 9.99. The quantitative estimate of drug-likeness (QED) is 0.520. The SMILES string of the molecule is CNC1CC2CC3C(C1)N23. The molecular weight excluding hydrogens is 124 g/mol. The molecule has 0 aliphatic carbocycles. The van der Waals surface area contributed by atoms with Gasteiger partial charge >= 0.3 is 0 Å². The van der Waals surface area contributed by atoms with Crippen molar-refractivity contribution in [1.29, 1.82) is 0 Å². The first-order chi connectivity index (χ1) is 4.90. The van der Waals surface area contributed by atoms with Crippen LogP contribution in [0.2, 0.25) is 0 Å². The van der Waals surface area contributed by atoms with Crippen LogP contribution in [0.4, 0.5) is 0 Å². The lowest BCUT2D eigenvalue weighted by Gasteiger charge is -2.32. The zero-order valence-electron chi connectivity index (χ0n) is 6.38. The molecule has 0 radical (unpaired) electrons. The first kappa shape index (κ1) is 5.56. The van der Waals surface area contributed by atoms with Crippen molar-refractivity contribution in [3.8, 4) is 0 Å². The number of hydrogen-bond donors (Lipinski definition) is 1. The van der Waals surface area contributed by atoms with E-state index in [1.165, 1.54) is 19.3 Å². The van der Waals surface area contributed by atoms with E-state index in [9.17, 15) is 0 Å². The second-order valence-electron chi connectivity index (χ2n) is 3.93. The summed E-state index contributed by atoms with van der Waals surface area (Å²) >= 11 is 0. The number of fused-ring (bicyclic) bond motifs is 1. The van der Waals surface area contributed by atoms with Gasteiger partial charge in [0.05, 0.1) is 0 Å². The van der Waals surface area contributed by atoms with Crippen LogP contribution in [0.5, 0.6) is 0 Å². The predicted molar refractivity (Wildman–Crippen MR) is 39.9 cm³/mol. The molecule has 56 valence electrons. The largest absolute Gasteiger partial charge is 0.317 e. The number of hydrogen-bond acceptors (Lipinski definition) is 2. The summed E-state index contributed by atoms with van der Waals surface area (Å²) in [5.41, 5.74) is 0. The maximum Gasteiger partial charge on any atom is 0.0273 e. The van der Waals surface area contributed by atoms with E-state index in [-0.39, 0.29) is 0 Å². The third-order valence-electron chi connectivity index (χ3n) is 3.55. The summed E-state index contributed by atoms with van der Waals surface area (Å²) < 4.78 is 0. The Morgan fingerprint density at radius 1 is 1.20 bits per heavy atom. The van der Waals surface area contributed by atoms with Gasteiger partial charge in [-0.15, -0.1) is 0 Å². The topological polar surface area (TPSA) is 15.0 Å². The molecule has 0 bridgehead atoms. The fraction of sp³-hybridized carbons (Fsp3) is 1.00. The van der Waals surface area contributed by atoms with Crippen LogP contribution in [0.15, 0.2) is 0 Å². The minimum Gasteiger partial charge on any atom is -0.317 e. The van der Waals surface area contributed by atoms with Crippen molar-refractivity contribution in [2.45, 2.75) is 43.4 Å². The van der Waals surface area contributed by atoms with Gasteiger partial charge in [-0.3, -0.25) is 4.90 Å². The standard InChI is InChI=1S/C8H14N2/c1-9-5-2-6-4-8-7(3-5)10(6)8/h5-9H,2-4H2,1H3. The van der Waals surface area contributed by atoms with Crippen LogP contribution >= 0.6 is 0 Å². The monoisotopic (exact) mass is 138 g/mol. The molecule has 3 aliphatic rings. The third-order valence-corrected chi connectivity index (χ3v) is 3.55. The van der Waals surface area contributed by atoms with Gasteiger partial charge in [-0.05, 0) is 26.3 Å². The lowest BCUT2D eigenvalue weighted by Crippen LogP contribution is -2.42. The highest BCUT2D eigenvalue weighted by Crippen LogP contribution is 2.53.